The number of ether oxygens (including phenoxy) is 1. The summed E-state index contributed by atoms with van der Waals surface area (Å²) in [5, 5.41) is 0. The van der Waals surface area contributed by atoms with Crippen molar-refractivity contribution in [1.29, 1.82) is 0 Å². The van der Waals surface area contributed by atoms with E-state index < -0.39 is 0 Å². The van der Waals surface area contributed by atoms with Crippen molar-refractivity contribution in [3.05, 3.63) is 40.7 Å². The fraction of sp³-hybridized carbons (Fsp3) is 0.182. The molecule has 0 aliphatic carbocycles. The average Bonchev–Trinajstić information content (AvgIpc) is 2.59. The first-order chi connectivity index (χ1) is 7.61. The van der Waals surface area contributed by atoms with Crippen LogP contribution >= 0.6 is 12.2 Å². The Morgan fingerprint density at radius 1 is 1.44 bits per heavy atom. The molecule has 1 N–H and O–H groups in total. The Labute approximate surface area is 97.5 Å². The van der Waals surface area contributed by atoms with Gasteiger partial charge in [0.15, 0.2) is 16.3 Å². The molecule has 2 rings (SSSR count). The minimum atomic E-state index is -0.384. The van der Waals surface area contributed by atoms with Crippen molar-refractivity contribution in [3.8, 4) is 11.4 Å². The lowest BCUT2D eigenvalue weighted by atomic mass is 10.3. The number of aromatic amines is 1. The summed E-state index contributed by atoms with van der Waals surface area (Å²) in [7, 11) is 1.43. The lowest BCUT2D eigenvalue weighted by molar-refractivity contribution is 0.386. The summed E-state index contributed by atoms with van der Waals surface area (Å²) in [5.74, 6) is -0.178. The first kappa shape index (κ1) is 10.9. The quantitative estimate of drug-likeness (QED) is 0.815. The second-order valence-electron chi connectivity index (χ2n) is 3.43. The first-order valence-corrected chi connectivity index (χ1v) is 5.15. The smallest absolute Gasteiger partial charge is 0.181 e. The molecule has 16 heavy (non-hydrogen) atoms. The maximum atomic E-state index is 13.2. The van der Waals surface area contributed by atoms with Crippen LogP contribution in [0.15, 0.2) is 24.4 Å². The third-order valence-corrected chi connectivity index (χ3v) is 2.56. The molecule has 0 radical (unpaired) electrons. The molecule has 0 aliphatic rings. The molecule has 1 aromatic carbocycles. The number of imidazole rings is 1. The highest BCUT2D eigenvalue weighted by Gasteiger charge is 2.06. The van der Waals surface area contributed by atoms with Gasteiger partial charge in [0.1, 0.15) is 0 Å². The SMILES string of the molecule is COc1cc(-n2cc(C)[nH]c2=S)ccc1F. The largest absolute Gasteiger partial charge is 0.494 e. The van der Waals surface area contributed by atoms with Crippen LogP contribution in [0.1, 0.15) is 5.69 Å². The highest BCUT2D eigenvalue weighted by atomic mass is 32.1. The molecular weight excluding hydrogens is 227 g/mol. The van der Waals surface area contributed by atoms with E-state index >= 15 is 0 Å². The monoisotopic (exact) mass is 238 g/mol. The maximum Gasteiger partial charge on any atom is 0.181 e. The third-order valence-electron chi connectivity index (χ3n) is 2.26. The number of rotatable bonds is 2. The number of nitrogens with zero attached hydrogens (tertiary/aromatic N) is 1. The van der Waals surface area contributed by atoms with Gasteiger partial charge >= 0.3 is 0 Å². The molecule has 1 heterocycles. The van der Waals surface area contributed by atoms with Crippen molar-refractivity contribution in [2.45, 2.75) is 6.92 Å². The molecule has 0 atom stereocenters. The number of H-pyrrole nitrogens is 1. The van der Waals surface area contributed by atoms with Crippen LogP contribution in [0.2, 0.25) is 0 Å². The number of halogens is 1. The van der Waals surface area contributed by atoms with Crippen molar-refractivity contribution in [3.63, 3.8) is 0 Å². The van der Waals surface area contributed by atoms with E-state index in [2.05, 4.69) is 4.98 Å². The van der Waals surface area contributed by atoms with Crippen molar-refractivity contribution >= 4 is 12.2 Å². The summed E-state index contributed by atoms with van der Waals surface area (Å²) in [6.45, 7) is 1.91. The van der Waals surface area contributed by atoms with Crippen molar-refractivity contribution in [1.82, 2.24) is 9.55 Å². The number of hydrogen-bond donors (Lipinski definition) is 1. The van der Waals surface area contributed by atoms with Crippen LogP contribution in [0.5, 0.6) is 5.75 Å². The Morgan fingerprint density at radius 3 is 2.75 bits per heavy atom. The molecule has 5 heteroatoms. The van der Waals surface area contributed by atoms with Crippen molar-refractivity contribution in [2.75, 3.05) is 7.11 Å². The summed E-state index contributed by atoms with van der Waals surface area (Å²) in [6, 6.07) is 4.62. The van der Waals surface area contributed by atoms with Gasteiger partial charge in [-0.15, -0.1) is 0 Å². The average molecular weight is 238 g/mol. The minimum absolute atomic E-state index is 0.207. The summed E-state index contributed by atoms with van der Waals surface area (Å²) < 4.78 is 20.5. The predicted molar refractivity (Wildman–Crippen MR) is 62.2 cm³/mol. The van der Waals surface area contributed by atoms with Gasteiger partial charge in [-0.25, -0.2) is 4.39 Å². The van der Waals surface area contributed by atoms with Gasteiger partial charge in [-0.3, -0.25) is 4.57 Å². The number of nitrogens with one attached hydrogen (secondary N) is 1. The van der Waals surface area contributed by atoms with E-state index in [4.69, 9.17) is 17.0 Å². The molecule has 3 nitrogen and oxygen atoms in total. The lowest BCUT2D eigenvalue weighted by Crippen LogP contribution is -1.95. The van der Waals surface area contributed by atoms with E-state index in [1.165, 1.54) is 13.2 Å². The Hall–Kier alpha value is -1.62. The number of aromatic nitrogens is 2. The molecule has 0 spiro atoms. The van der Waals surface area contributed by atoms with Crippen LogP contribution < -0.4 is 4.74 Å². The van der Waals surface area contributed by atoms with E-state index in [1.807, 2.05) is 13.1 Å². The second-order valence-corrected chi connectivity index (χ2v) is 3.82. The predicted octanol–water partition coefficient (Wildman–Crippen LogP) is 2.99. The molecule has 0 saturated heterocycles. The molecular formula is C11H11FN2OS. The fourth-order valence-electron chi connectivity index (χ4n) is 1.50. The van der Waals surface area contributed by atoms with E-state index in [9.17, 15) is 4.39 Å². The number of benzene rings is 1. The van der Waals surface area contributed by atoms with Gasteiger partial charge in [-0.05, 0) is 31.3 Å². The number of hydrogen-bond acceptors (Lipinski definition) is 2. The Kier molecular flexibility index (Phi) is 2.78. The molecule has 1 aromatic heterocycles. The number of aryl methyl sites for hydroxylation is 1. The van der Waals surface area contributed by atoms with Gasteiger partial charge in [-0.1, -0.05) is 0 Å². The van der Waals surface area contributed by atoms with E-state index in [-0.39, 0.29) is 11.6 Å². The van der Waals surface area contributed by atoms with Crippen molar-refractivity contribution in [2.24, 2.45) is 0 Å². The zero-order valence-corrected chi connectivity index (χ0v) is 9.77. The highest BCUT2D eigenvalue weighted by molar-refractivity contribution is 7.71. The van der Waals surface area contributed by atoms with E-state index in [0.717, 1.165) is 11.4 Å². The van der Waals surface area contributed by atoms with Gasteiger partial charge in [0.05, 0.1) is 12.8 Å². The van der Waals surface area contributed by atoms with Gasteiger partial charge in [-0.2, -0.15) is 0 Å². The second kappa shape index (κ2) is 4.09. The van der Waals surface area contributed by atoms with Gasteiger partial charge in [0.25, 0.3) is 0 Å². The molecule has 2 aromatic rings. The summed E-state index contributed by atoms with van der Waals surface area (Å²) in [6.07, 6.45) is 1.86. The fourth-order valence-corrected chi connectivity index (χ4v) is 1.82. The molecule has 0 bridgehead atoms. The number of methoxy groups -OCH3 is 1. The van der Waals surface area contributed by atoms with Gasteiger partial charge in [0, 0.05) is 18.0 Å². The molecule has 0 unspecified atom stereocenters. The minimum Gasteiger partial charge on any atom is -0.494 e. The van der Waals surface area contributed by atoms with Crippen molar-refractivity contribution < 1.29 is 9.13 Å². The summed E-state index contributed by atoms with van der Waals surface area (Å²) >= 11 is 5.14. The standard InChI is InChI=1S/C11H11FN2OS/c1-7-6-14(11(16)13-7)8-3-4-9(12)10(5-8)15-2/h3-6H,1-2H3,(H,13,16). The van der Waals surface area contributed by atoms with Crippen LogP contribution in [0.4, 0.5) is 4.39 Å². The molecule has 0 fully saturated rings. The molecule has 0 saturated carbocycles. The normalized spacial score (nSPS) is 10.4. The van der Waals surface area contributed by atoms with Crippen LogP contribution in [-0.2, 0) is 0 Å². The van der Waals surface area contributed by atoms with Gasteiger partial charge in [0.2, 0.25) is 0 Å². The first-order valence-electron chi connectivity index (χ1n) is 4.74. The van der Waals surface area contributed by atoms with E-state index in [1.54, 1.807) is 16.7 Å². The Morgan fingerprint density at radius 2 is 2.19 bits per heavy atom. The zero-order valence-electron chi connectivity index (χ0n) is 8.95. The van der Waals surface area contributed by atoms with Gasteiger partial charge < -0.3 is 9.72 Å². The van der Waals surface area contributed by atoms with Crippen LogP contribution in [0.25, 0.3) is 5.69 Å². The Balaban J connectivity index is 2.56. The van der Waals surface area contributed by atoms with Crippen LogP contribution in [-0.4, -0.2) is 16.7 Å². The molecule has 0 aliphatic heterocycles. The lowest BCUT2D eigenvalue weighted by Gasteiger charge is -2.06. The summed E-state index contributed by atoms with van der Waals surface area (Å²) in [4.78, 5) is 3.00. The molecule has 0 amide bonds. The van der Waals surface area contributed by atoms with Crippen LogP contribution in [0, 0.1) is 17.5 Å². The zero-order chi connectivity index (χ0) is 11.7. The topological polar surface area (TPSA) is 29.9 Å². The third kappa shape index (κ3) is 1.86. The maximum absolute atomic E-state index is 13.2. The summed E-state index contributed by atoms with van der Waals surface area (Å²) in [5.41, 5.74) is 1.72. The Bertz CT molecular complexity index is 574. The highest BCUT2D eigenvalue weighted by Crippen LogP contribution is 2.21. The van der Waals surface area contributed by atoms with E-state index in [0.29, 0.717) is 4.77 Å². The molecule has 84 valence electrons. The van der Waals surface area contributed by atoms with Crippen LogP contribution in [0.3, 0.4) is 0 Å².